The molecule has 1 aromatic carbocycles. The summed E-state index contributed by atoms with van der Waals surface area (Å²) in [6.07, 6.45) is 2.53. The molecule has 1 atom stereocenters. The van der Waals surface area contributed by atoms with E-state index in [4.69, 9.17) is 11.6 Å². The van der Waals surface area contributed by atoms with E-state index in [1.807, 2.05) is 26.2 Å². The summed E-state index contributed by atoms with van der Waals surface area (Å²) in [5.41, 5.74) is 1.56. The molecule has 0 fully saturated rings. The Morgan fingerprint density at radius 2 is 2.21 bits per heavy atom. The van der Waals surface area contributed by atoms with Gasteiger partial charge in [0.25, 0.3) is 0 Å². The molecule has 102 valence electrons. The highest BCUT2D eigenvalue weighted by atomic mass is 35.5. The molecule has 0 aliphatic rings. The second kappa shape index (κ2) is 6.17. The Bertz CT molecular complexity index is 553. The van der Waals surface area contributed by atoms with E-state index in [1.165, 1.54) is 6.07 Å². The molecule has 3 nitrogen and oxygen atoms in total. The van der Waals surface area contributed by atoms with Gasteiger partial charge in [0, 0.05) is 36.3 Å². The lowest BCUT2D eigenvalue weighted by molar-refractivity contribution is 0.504. The van der Waals surface area contributed by atoms with Gasteiger partial charge in [-0.1, -0.05) is 24.6 Å². The number of nitrogens with one attached hydrogen (secondary N) is 1. The minimum absolute atomic E-state index is 0.0998. The lowest BCUT2D eigenvalue weighted by Crippen LogP contribution is -2.24. The molecular formula is C14H17ClFN3. The third kappa shape index (κ3) is 3.55. The van der Waals surface area contributed by atoms with Crippen LogP contribution in [0.1, 0.15) is 24.2 Å². The minimum Gasteiger partial charge on any atom is -0.310 e. The fourth-order valence-electron chi connectivity index (χ4n) is 2.10. The first kappa shape index (κ1) is 14.0. The molecule has 1 N–H and O–H groups in total. The normalized spacial score (nSPS) is 12.6. The summed E-state index contributed by atoms with van der Waals surface area (Å²) in [6, 6.07) is 6.63. The third-order valence-electron chi connectivity index (χ3n) is 2.97. The van der Waals surface area contributed by atoms with Gasteiger partial charge in [0.05, 0.1) is 5.69 Å². The largest absolute Gasteiger partial charge is 0.310 e. The number of halogens is 2. The van der Waals surface area contributed by atoms with Crippen LogP contribution in [0.4, 0.5) is 4.39 Å². The van der Waals surface area contributed by atoms with Crippen molar-refractivity contribution in [1.29, 1.82) is 0 Å². The van der Waals surface area contributed by atoms with Crippen LogP contribution in [0.3, 0.4) is 0 Å². The van der Waals surface area contributed by atoms with E-state index in [1.54, 1.807) is 16.8 Å². The highest BCUT2D eigenvalue weighted by molar-refractivity contribution is 6.30. The monoisotopic (exact) mass is 281 g/mol. The Kier molecular flexibility index (Phi) is 4.56. The maximum absolute atomic E-state index is 14.0. The van der Waals surface area contributed by atoms with E-state index in [2.05, 4.69) is 10.4 Å². The molecule has 0 bridgehead atoms. The van der Waals surface area contributed by atoms with Crippen molar-refractivity contribution in [2.24, 2.45) is 7.05 Å². The number of hydrogen-bond donors (Lipinski definition) is 1. The van der Waals surface area contributed by atoms with Crippen molar-refractivity contribution in [3.05, 3.63) is 52.6 Å². The van der Waals surface area contributed by atoms with Crippen LogP contribution in [0, 0.1) is 5.82 Å². The van der Waals surface area contributed by atoms with Crippen molar-refractivity contribution in [3.63, 3.8) is 0 Å². The van der Waals surface area contributed by atoms with E-state index in [-0.39, 0.29) is 11.9 Å². The van der Waals surface area contributed by atoms with Crippen LogP contribution in [0.5, 0.6) is 0 Å². The molecule has 1 heterocycles. The predicted octanol–water partition coefficient (Wildman–Crippen LogP) is 3.11. The molecule has 0 radical (unpaired) electrons. The Morgan fingerprint density at radius 3 is 2.79 bits per heavy atom. The number of aromatic nitrogens is 2. The van der Waals surface area contributed by atoms with Gasteiger partial charge in [-0.15, -0.1) is 0 Å². The summed E-state index contributed by atoms with van der Waals surface area (Å²) in [7, 11) is 1.87. The molecule has 2 aromatic rings. The predicted molar refractivity (Wildman–Crippen MR) is 74.7 cm³/mol. The van der Waals surface area contributed by atoms with Crippen LogP contribution >= 0.6 is 11.6 Å². The molecule has 0 spiro atoms. The van der Waals surface area contributed by atoms with Gasteiger partial charge >= 0.3 is 0 Å². The molecule has 0 saturated carbocycles. The second-order valence-corrected chi connectivity index (χ2v) is 4.90. The van der Waals surface area contributed by atoms with Gasteiger partial charge in [0.2, 0.25) is 0 Å². The SMILES string of the molecule is CCNC(Cc1ccn(C)n1)c1ccc(Cl)cc1F. The number of hydrogen-bond acceptors (Lipinski definition) is 2. The van der Waals surface area contributed by atoms with Gasteiger partial charge in [-0.2, -0.15) is 5.10 Å². The van der Waals surface area contributed by atoms with Crippen LogP contribution < -0.4 is 5.32 Å². The molecule has 19 heavy (non-hydrogen) atoms. The maximum atomic E-state index is 14.0. The second-order valence-electron chi connectivity index (χ2n) is 4.46. The topological polar surface area (TPSA) is 29.9 Å². The van der Waals surface area contributed by atoms with Crippen molar-refractivity contribution in [3.8, 4) is 0 Å². The molecular weight excluding hydrogens is 265 g/mol. The Hall–Kier alpha value is -1.39. The summed E-state index contributed by atoms with van der Waals surface area (Å²) >= 11 is 5.79. The number of aryl methyl sites for hydroxylation is 1. The molecule has 1 unspecified atom stereocenters. The van der Waals surface area contributed by atoms with Crippen LogP contribution in [0.25, 0.3) is 0 Å². The van der Waals surface area contributed by atoms with E-state index in [0.29, 0.717) is 17.0 Å². The number of benzene rings is 1. The first-order valence-corrected chi connectivity index (χ1v) is 6.64. The molecule has 1 aromatic heterocycles. The summed E-state index contributed by atoms with van der Waals surface area (Å²) in [5.74, 6) is -0.283. The Balaban J connectivity index is 2.23. The van der Waals surface area contributed by atoms with Crippen molar-refractivity contribution in [2.75, 3.05) is 6.54 Å². The minimum atomic E-state index is -0.283. The fraction of sp³-hybridized carbons (Fsp3) is 0.357. The first-order chi connectivity index (χ1) is 9.10. The first-order valence-electron chi connectivity index (χ1n) is 6.27. The maximum Gasteiger partial charge on any atom is 0.129 e. The summed E-state index contributed by atoms with van der Waals surface area (Å²) in [4.78, 5) is 0. The highest BCUT2D eigenvalue weighted by Crippen LogP contribution is 2.23. The van der Waals surface area contributed by atoms with Crippen LogP contribution in [-0.4, -0.2) is 16.3 Å². The zero-order chi connectivity index (χ0) is 13.8. The van der Waals surface area contributed by atoms with Crippen LogP contribution in [0.2, 0.25) is 5.02 Å². The molecule has 0 aliphatic carbocycles. The lowest BCUT2D eigenvalue weighted by atomic mass is 10.0. The van der Waals surface area contributed by atoms with Crippen LogP contribution in [0.15, 0.2) is 30.5 Å². The zero-order valence-electron chi connectivity index (χ0n) is 11.0. The Morgan fingerprint density at radius 1 is 1.42 bits per heavy atom. The number of rotatable bonds is 5. The van der Waals surface area contributed by atoms with Crippen molar-refractivity contribution in [1.82, 2.24) is 15.1 Å². The fourth-order valence-corrected chi connectivity index (χ4v) is 2.26. The van der Waals surface area contributed by atoms with E-state index in [0.717, 1.165) is 12.2 Å². The zero-order valence-corrected chi connectivity index (χ0v) is 11.8. The van der Waals surface area contributed by atoms with Crippen molar-refractivity contribution in [2.45, 2.75) is 19.4 Å². The summed E-state index contributed by atoms with van der Waals surface area (Å²) in [6.45, 7) is 2.76. The Labute approximate surface area is 117 Å². The average Bonchev–Trinajstić information content (AvgIpc) is 2.74. The van der Waals surface area contributed by atoms with E-state index < -0.39 is 0 Å². The summed E-state index contributed by atoms with van der Waals surface area (Å²) < 4.78 is 15.7. The average molecular weight is 282 g/mol. The molecule has 0 saturated heterocycles. The third-order valence-corrected chi connectivity index (χ3v) is 3.21. The molecule has 5 heteroatoms. The standard InChI is InChI=1S/C14H17ClFN3/c1-3-17-14(9-11-6-7-19(2)18-11)12-5-4-10(15)8-13(12)16/h4-8,14,17H,3,9H2,1-2H3. The highest BCUT2D eigenvalue weighted by Gasteiger charge is 2.16. The molecule has 2 rings (SSSR count). The smallest absolute Gasteiger partial charge is 0.129 e. The van der Waals surface area contributed by atoms with Crippen molar-refractivity contribution >= 4 is 11.6 Å². The van der Waals surface area contributed by atoms with Gasteiger partial charge in [-0.3, -0.25) is 4.68 Å². The van der Waals surface area contributed by atoms with Crippen molar-refractivity contribution < 1.29 is 4.39 Å². The lowest BCUT2D eigenvalue weighted by Gasteiger charge is -2.18. The quantitative estimate of drug-likeness (QED) is 0.913. The van der Waals surface area contributed by atoms with Crippen LogP contribution in [-0.2, 0) is 13.5 Å². The van der Waals surface area contributed by atoms with Gasteiger partial charge < -0.3 is 5.32 Å². The van der Waals surface area contributed by atoms with E-state index >= 15 is 0 Å². The number of likely N-dealkylation sites (N-methyl/N-ethyl adjacent to an activating group) is 1. The van der Waals surface area contributed by atoms with E-state index in [9.17, 15) is 4.39 Å². The van der Waals surface area contributed by atoms with Gasteiger partial charge in [0.1, 0.15) is 5.82 Å². The summed E-state index contributed by atoms with van der Waals surface area (Å²) in [5, 5.41) is 8.03. The van der Waals surface area contributed by atoms with Gasteiger partial charge in [-0.05, 0) is 24.7 Å². The molecule has 0 amide bonds. The van der Waals surface area contributed by atoms with Gasteiger partial charge in [0.15, 0.2) is 0 Å². The van der Waals surface area contributed by atoms with Gasteiger partial charge in [-0.25, -0.2) is 4.39 Å². The number of nitrogens with zero attached hydrogens (tertiary/aromatic N) is 2. The molecule has 0 aliphatic heterocycles.